The average Bonchev–Trinajstić information content (AvgIpc) is 2.47. The molecule has 4 nitrogen and oxygen atoms in total. The molecule has 1 atom stereocenters. The molecular formula is C15H23N3O. The Bertz CT molecular complexity index is 427. The van der Waals surface area contributed by atoms with Crippen LogP contribution in [0.1, 0.15) is 32.6 Å². The number of amides is 1. The molecule has 0 aromatic heterocycles. The smallest absolute Gasteiger partial charge is 0.241 e. The van der Waals surface area contributed by atoms with Gasteiger partial charge in [0.1, 0.15) is 0 Å². The van der Waals surface area contributed by atoms with Gasteiger partial charge in [0.25, 0.3) is 0 Å². The van der Waals surface area contributed by atoms with Gasteiger partial charge < -0.3 is 16.0 Å². The number of hydrogen-bond donors (Lipinski definition) is 2. The normalized spacial score (nSPS) is 17.1. The standard InChI is InChI=1S/C15H23N3O/c1-2-12(16)15(19)17-13-8-4-5-9-14(13)18-10-6-3-7-11-18/h4-5,8-9,12H,2-3,6-7,10-11,16H2,1H3,(H,17,19). The van der Waals surface area contributed by atoms with Crippen molar-refractivity contribution in [3.8, 4) is 0 Å². The molecular weight excluding hydrogens is 238 g/mol. The van der Waals surface area contributed by atoms with Crippen LogP contribution in [0.25, 0.3) is 0 Å². The third-order valence-electron chi connectivity index (χ3n) is 3.64. The molecule has 1 unspecified atom stereocenters. The first-order valence-electron chi connectivity index (χ1n) is 7.12. The van der Waals surface area contributed by atoms with E-state index < -0.39 is 6.04 Å². The number of carbonyl (C=O) groups excluding carboxylic acids is 1. The third-order valence-corrected chi connectivity index (χ3v) is 3.64. The van der Waals surface area contributed by atoms with E-state index in [1.165, 1.54) is 19.3 Å². The number of anilines is 2. The summed E-state index contributed by atoms with van der Waals surface area (Å²) in [5.74, 6) is -0.105. The van der Waals surface area contributed by atoms with Crippen molar-refractivity contribution in [2.75, 3.05) is 23.3 Å². The number of rotatable bonds is 4. The molecule has 0 saturated carbocycles. The molecule has 0 aliphatic carbocycles. The Morgan fingerprint density at radius 2 is 2.00 bits per heavy atom. The highest BCUT2D eigenvalue weighted by Gasteiger charge is 2.17. The van der Waals surface area contributed by atoms with E-state index in [-0.39, 0.29) is 5.91 Å². The number of nitrogens with zero attached hydrogens (tertiary/aromatic N) is 1. The van der Waals surface area contributed by atoms with E-state index in [9.17, 15) is 4.79 Å². The van der Waals surface area contributed by atoms with Gasteiger partial charge in [-0.2, -0.15) is 0 Å². The second-order valence-corrected chi connectivity index (χ2v) is 5.07. The third kappa shape index (κ3) is 3.47. The van der Waals surface area contributed by atoms with E-state index in [1.807, 2.05) is 25.1 Å². The van der Waals surface area contributed by atoms with E-state index in [4.69, 9.17) is 5.73 Å². The van der Waals surface area contributed by atoms with Crippen molar-refractivity contribution >= 4 is 17.3 Å². The van der Waals surface area contributed by atoms with Crippen LogP contribution in [-0.2, 0) is 4.79 Å². The van der Waals surface area contributed by atoms with Crippen LogP contribution in [0, 0.1) is 0 Å². The fourth-order valence-corrected chi connectivity index (χ4v) is 2.40. The molecule has 1 amide bonds. The lowest BCUT2D eigenvalue weighted by Crippen LogP contribution is -2.36. The maximum atomic E-state index is 11.9. The van der Waals surface area contributed by atoms with Gasteiger partial charge in [0, 0.05) is 13.1 Å². The predicted molar refractivity (Wildman–Crippen MR) is 79.4 cm³/mol. The van der Waals surface area contributed by atoms with Crippen LogP contribution in [0.5, 0.6) is 0 Å². The lowest BCUT2D eigenvalue weighted by atomic mass is 10.1. The summed E-state index contributed by atoms with van der Waals surface area (Å²) < 4.78 is 0. The van der Waals surface area contributed by atoms with Gasteiger partial charge in [-0.15, -0.1) is 0 Å². The SMILES string of the molecule is CCC(N)C(=O)Nc1ccccc1N1CCCCC1. The number of nitrogens with two attached hydrogens (primary N) is 1. The van der Waals surface area contributed by atoms with E-state index in [0.29, 0.717) is 6.42 Å². The van der Waals surface area contributed by atoms with E-state index >= 15 is 0 Å². The Morgan fingerprint density at radius 1 is 1.32 bits per heavy atom. The van der Waals surface area contributed by atoms with Gasteiger partial charge in [-0.05, 0) is 37.8 Å². The molecule has 0 bridgehead atoms. The number of nitrogens with one attached hydrogen (secondary N) is 1. The van der Waals surface area contributed by atoms with Crippen LogP contribution in [0.15, 0.2) is 24.3 Å². The molecule has 0 radical (unpaired) electrons. The van der Waals surface area contributed by atoms with Gasteiger partial charge in [-0.3, -0.25) is 4.79 Å². The van der Waals surface area contributed by atoms with E-state index in [0.717, 1.165) is 24.5 Å². The molecule has 1 fully saturated rings. The highest BCUT2D eigenvalue weighted by atomic mass is 16.2. The van der Waals surface area contributed by atoms with Crippen molar-refractivity contribution in [3.63, 3.8) is 0 Å². The molecule has 1 aliphatic rings. The Balaban J connectivity index is 2.13. The zero-order valence-electron chi connectivity index (χ0n) is 11.6. The zero-order chi connectivity index (χ0) is 13.7. The Labute approximate surface area is 115 Å². The van der Waals surface area contributed by atoms with Gasteiger partial charge in [0.05, 0.1) is 17.4 Å². The molecule has 1 saturated heterocycles. The minimum atomic E-state index is -0.436. The second kappa shape index (κ2) is 6.57. The summed E-state index contributed by atoms with van der Waals surface area (Å²) >= 11 is 0. The summed E-state index contributed by atoms with van der Waals surface area (Å²) in [7, 11) is 0. The Hall–Kier alpha value is -1.55. The minimum absolute atomic E-state index is 0.105. The van der Waals surface area contributed by atoms with Crippen molar-refractivity contribution in [2.45, 2.75) is 38.6 Å². The van der Waals surface area contributed by atoms with E-state index in [1.54, 1.807) is 0 Å². The highest BCUT2D eigenvalue weighted by Crippen LogP contribution is 2.28. The number of hydrogen-bond acceptors (Lipinski definition) is 3. The molecule has 19 heavy (non-hydrogen) atoms. The second-order valence-electron chi connectivity index (χ2n) is 5.07. The van der Waals surface area contributed by atoms with Crippen molar-refractivity contribution in [2.24, 2.45) is 5.73 Å². The fraction of sp³-hybridized carbons (Fsp3) is 0.533. The van der Waals surface area contributed by atoms with Crippen LogP contribution in [0.3, 0.4) is 0 Å². The number of piperidine rings is 1. The van der Waals surface area contributed by atoms with Gasteiger partial charge >= 0.3 is 0 Å². The number of benzene rings is 1. The van der Waals surface area contributed by atoms with Crippen LogP contribution in [0.2, 0.25) is 0 Å². The van der Waals surface area contributed by atoms with Gasteiger partial charge in [0.2, 0.25) is 5.91 Å². The van der Waals surface area contributed by atoms with Gasteiger partial charge in [0.15, 0.2) is 0 Å². The minimum Gasteiger partial charge on any atom is -0.370 e. The van der Waals surface area contributed by atoms with Crippen molar-refractivity contribution in [1.82, 2.24) is 0 Å². The van der Waals surface area contributed by atoms with Gasteiger partial charge in [-0.25, -0.2) is 0 Å². The quantitative estimate of drug-likeness (QED) is 0.874. The van der Waals surface area contributed by atoms with Crippen LogP contribution in [-0.4, -0.2) is 25.0 Å². The maximum absolute atomic E-state index is 11.9. The molecule has 104 valence electrons. The first kappa shape index (κ1) is 13.9. The molecule has 3 N–H and O–H groups in total. The molecule has 1 aliphatic heterocycles. The maximum Gasteiger partial charge on any atom is 0.241 e. The zero-order valence-corrected chi connectivity index (χ0v) is 11.6. The van der Waals surface area contributed by atoms with Gasteiger partial charge in [-0.1, -0.05) is 19.1 Å². The summed E-state index contributed by atoms with van der Waals surface area (Å²) in [4.78, 5) is 14.3. The first-order chi connectivity index (χ1) is 9.22. The van der Waals surface area contributed by atoms with Crippen LogP contribution in [0.4, 0.5) is 11.4 Å². The highest BCUT2D eigenvalue weighted by molar-refractivity contribution is 5.97. The summed E-state index contributed by atoms with van der Waals surface area (Å²) in [6.45, 7) is 4.04. The predicted octanol–water partition coefficient (Wildman–Crippen LogP) is 2.35. The molecule has 1 heterocycles. The Kier molecular flexibility index (Phi) is 4.80. The molecule has 1 aromatic rings. The molecule has 0 spiro atoms. The van der Waals surface area contributed by atoms with Crippen molar-refractivity contribution in [1.29, 1.82) is 0 Å². The fourth-order valence-electron chi connectivity index (χ4n) is 2.40. The number of carbonyl (C=O) groups is 1. The monoisotopic (exact) mass is 261 g/mol. The van der Waals surface area contributed by atoms with E-state index in [2.05, 4.69) is 16.3 Å². The largest absolute Gasteiger partial charge is 0.370 e. The molecule has 2 rings (SSSR count). The number of para-hydroxylation sites is 2. The molecule has 1 aromatic carbocycles. The van der Waals surface area contributed by atoms with Crippen molar-refractivity contribution < 1.29 is 4.79 Å². The van der Waals surface area contributed by atoms with Crippen LogP contribution < -0.4 is 16.0 Å². The molecule has 4 heteroatoms. The summed E-state index contributed by atoms with van der Waals surface area (Å²) in [6, 6.07) is 7.54. The summed E-state index contributed by atoms with van der Waals surface area (Å²) in [5.41, 5.74) is 7.75. The summed E-state index contributed by atoms with van der Waals surface area (Å²) in [5, 5.41) is 2.95. The van der Waals surface area contributed by atoms with Crippen LogP contribution >= 0.6 is 0 Å². The average molecular weight is 261 g/mol. The topological polar surface area (TPSA) is 58.4 Å². The lowest BCUT2D eigenvalue weighted by molar-refractivity contribution is -0.117. The lowest BCUT2D eigenvalue weighted by Gasteiger charge is -2.30. The Morgan fingerprint density at radius 3 is 2.68 bits per heavy atom. The van der Waals surface area contributed by atoms with Crippen molar-refractivity contribution in [3.05, 3.63) is 24.3 Å². The summed E-state index contributed by atoms with van der Waals surface area (Å²) in [6.07, 6.45) is 4.39. The first-order valence-corrected chi connectivity index (χ1v) is 7.12.